The molecule has 1 aromatic carbocycles. The van der Waals surface area contributed by atoms with Gasteiger partial charge in [-0.25, -0.2) is 4.39 Å². The summed E-state index contributed by atoms with van der Waals surface area (Å²) in [5.41, 5.74) is 5.09. The SMILES string of the molecule is CCC1(C(=O)O)CCCN(C(=O)c2cc(F)ccc2N)C1. The first-order valence-electron chi connectivity index (χ1n) is 6.97. The van der Waals surface area contributed by atoms with Crippen LogP contribution in [0, 0.1) is 11.2 Å². The minimum atomic E-state index is -0.921. The van der Waals surface area contributed by atoms with Crippen LogP contribution in [0.5, 0.6) is 0 Å². The van der Waals surface area contributed by atoms with Crippen LogP contribution in [-0.2, 0) is 4.79 Å². The van der Waals surface area contributed by atoms with Crippen molar-refractivity contribution in [2.75, 3.05) is 18.8 Å². The second-order valence-electron chi connectivity index (χ2n) is 5.50. The predicted octanol–water partition coefficient (Wildman–Crippen LogP) is 2.12. The zero-order chi connectivity index (χ0) is 15.6. The molecule has 1 aliphatic heterocycles. The van der Waals surface area contributed by atoms with Crippen LogP contribution in [0.1, 0.15) is 36.5 Å². The molecule has 1 amide bonds. The number of piperidine rings is 1. The predicted molar refractivity (Wildman–Crippen MR) is 76.3 cm³/mol. The van der Waals surface area contributed by atoms with Crippen molar-refractivity contribution in [2.24, 2.45) is 5.41 Å². The average Bonchev–Trinajstić information content (AvgIpc) is 2.48. The number of rotatable bonds is 3. The number of amides is 1. The molecule has 1 aromatic rings. The average molecular weight is 294 g/mol. The van der Waals surface area contributed by atoms with Crippen molar-refractivity contribution in [3.05, 3.63) is 29.6 Å². The molecule has 0 aromatic heterocycles. The van der Waals surface area contributed by atoms with Crippen LogP contribution in [0.25, 0.3) is 0 Å². The smallest absolute Gasteiger partial charge is 0.311 e. The van der Waals surface area contributed by atoms with Gasteiger partial charge in [0.05, 0.1) is 11.0 Å². The summed E-state index contributed by atoms with van der Waals surface area (Å²) in [6.07, 6.45) is 1.60. The van der Waals surface area contributed by atoms with Crippen LogP contribution in [0.4, 0.5) is 10.1 Å². The summed E-state index contributed by atoms with van der Waals surface area (Å²) in [4.78, 5) is 25.5. The number of aliphatic carboxylic acids is 1. The molecule has 1 saturated heterocycles. The van der Waals surface area contributed by atoms with Gasteiger partial charge >= 0.3 is 5.97 Å². The normalized spacial score (nSPS) is 22.1. The molecule has 0 aliphatic carbocycles. The number of nitrogens with two attached hydrogens (primary N) is 1. The Hall–Kier alpha value is -2.11. The van der Waals surface area contributed by atoms with Crippen molar-refractivity contribution >= 4 is 17.6 Å². The topological polar surface area (TPSA) is 83.6 Å². The molecule has 21 heavy (non-hydrogen) atoms. The number of anilines is 1. The number of carboxylic acid groups (broad SMARTS) is 1. The van der Waals surface area contributed by atoms with Gasteiger partial charge in [0.1, 0.15) is 5.82 Å². The second-order valence-corrected chi connectivity index (χ2v) is 5.50. The highest BCUT2D eigenvalue weighted by Crippen LogP contribution is 2.34. The Balaban J connectivity index is 2.27. The lowest BCUT2D eigenvalue weighted by Crippen LogP contribution is -2.49. The van der Waals surface area contributed by atoms with E-state index in [0.29, 0.717) is 25.8 Å². The minimum Gasteiger partial charge on any atom is -0.481 e. The maximum Gasteiger partial charge on any atom is 0.311 e. The van der Waals surface area contributed by atoms with E-state index >= 15 is 0 Å². The van der Waals surface area contributed by atoms with Crippen molar-refractivity contribution in [1.29, 1.82) is 0 Å². The lowest BCUT2D eigenvalue weighted by Gasteiger charge is -2.39. The number of benzene rings is 1. The maximum atomic E-state index is 13.3. The first kappa shape index (κ1) is 15.3. The van der Waals surface area contributed by atoms with Gasteiger partial charge in [0.15, 0.2) is 0 Å². The zero-order valence-corrected chi connectivity index (χ0v) is 11.9. The fourth-order valence-corrected chi connectivity index (χ4v) is 2.80. The molecule has 3 N–H and O–H groups in total. The Kier molecular flexibility index (Phi) is 4.16. The lowest BCUT2D eigenvalue weighted by molar-refractivity contribution is -0.152. The summed E-state index contributed by atoms with van der Waals surface area (Å²) in [6, 6.07) is 3.63. The van der Waals surface area contributed by atoms with Gasteiger partial charge < -0.3 is 15.7 Å². The summed E-state index contributed by atoms with van der Waals surface area (Å²) < 4.78 is 13.3. The molecule has 0 bridgehead atoms. The molecule has 0 spiro atoms. The number of likely N-dealkylation sites (tertiary alicyclic amines) is 1. The summed E-state index contributed by atoms with van der Waals surface area (Å²) in [7, 11) is 0. The highest BCUT2D eigenvalue weighted by Gasteiger charge is 2.42. The van der Waals surface area contributed by atoms with E-state index in [2.05, 4.69) is 0 Å². The first-order valence-corrected chi connectivity index (χ1v) is 6.97. The van der Waals surface area contributed by atoms with E-state index in [-0.39, 0.29) is 17.8 Å². The van der Waals surface area contributed by atoms with Crippen molar-refractivity contribution in [2.45, 2.75) is 26.2 Å². The Morgan fingerprint density at radius 2 is 2.19 bits per heavy atom. The quantitative estimate of drug-likeness (QED) is 0.836. The van der Waals surface area contributed by atoms with Gasteiger partial charge in [-0.3, -0.25) is 9.59 Å². The molecule has 1 heterocycles. The Morgan fingerprint density at radius 1 is 1.48 bits per heavy atom. The third-order valence-electron chi connectivity index (χ3n) is 4.24. The molecule has 5 nitrogen and oxygen atoms in total. The number of hydrogen-bond donors (Lipinski definition) is 2. The summed E-state index contributed by atoms with van der Waals surface area (Å²) in [6.45, 7) is 2.40. The van der Waals surface area contributed by atoms with Gasteiger partial charge in [0.2, 0.25) is 0 Å². The molecule has 0 radical (unpaired) electrons. The van der Waals surface area contributed by atoms with E-state index in [1.807, 2.05) is 0 Å². The number of nitrogen functional groups attached to an aromatic ring is 1. The molecular weight excluding hydrogens is 275 g/mol. The fraction of sp³-hybridized carbons (Fsp3) is 0.467. The molecule has 0 saturated carbocycles. The summed E-state index contributed by atoms with van der Waals surface area (Å²) in [5.74, 6) is -1.84. The van der Waals surface area contributed by atoms with Gasteiger partial charge in [-0.05, 0) is 37.5 Å². The number of carbonyl (C=O) groups is 2. The van der Waals surface area contributed by atoms with E-state index in [1.54, 1.807) is 6.92 Å². The van der Waals surface area contributed by atoms with Crippen LogP contribution in [0.15, 0.2) is 18.2 Å². The highest BCUT2D eigenvalue weighted by atomic mass is 19.1. The van der Waals surface area contributed by atoms with Gasteiger partial charge in [0, 0.05) is 18.8 Å². The number of carboxylic acids is 1. The lowest BCUT2D eigenvalue weighted by atomic mass is 9.77. The molecule has 6 heteroatoms. The largest absolute Gasteiger partial charge is 0.481 e. The maximum absolute atomic E-state index is 13.3. The van der Waals surface area contributed by atoms with Crippen molar-refractivity contribution in [3.63, 3.8) is 0 Å². The Labute approximate surface area is 122 Å². The van der Waals surface area contributed by atoms with E-state index in [4.69, 9.17) is 5.73 Å². The highest BCUT2D eigenvalue weighted by molar-refractivity contribution is 5.99. The number of nitrogens with zero attached hydrogens (tertiary/aromatic N) is 1. The zero-order valence-electron chi connectivity index (χ0n) is 11.9. The molecule has 2 rings (SSSR count). The Bertz CT molecular complexity index is 576. The van der Waals surface area contributed by atoms with Gasteiger partial charge in [-0.1, -0.05) is 6.92 Å². The van der Waals surface area contributed by atoms with E-state index in [9.17, 15) is 19.1 Å². The number of halogens is 1. The van der Waals surface area contributed by atoms with Crippen LogP contribution in [-0.4, -0.2) is 35.0 Å². The Morgan fingerprint density at radius 3 is 2.81 bits per heavy atom. The van der Waals surface area contributed by atoms with E-state index < -0.39 is 23.1 Å². The monoisotopic (exact) mass is 294 g/mol. The molecule has 1 fully saturated rings. The third-order valence-corrected chi connectivity index (χ3v) is 4.24. The van der Waals surface area contributed by atoms with Crippen LogP contribution >= 0.6 is 0 Å². The molecule has 1 atom stereocenters. The number of hydrogen-bond acceptors (Lipinski definition) is 3. The van der Waals surface area contributed by atoms with Gasteiger partial charge in [-0.2, -0.15) is 0 Å². The van der Waals surface area contributed by atoms with E-state index in [0.717, 1.165) is 6.07 Å². The second kappa shape index (κ2) is 5.71. The summed E-state index contributed by atoms with van der Waals surface area (Å²) in [5, 5.41) is 9.43. The number of carbonyl (C=O) groups excluding carboxylic acids is 1. The molecule has 1 unspecified atom stereocenters. The fourth-order valence-electron chi connectivity index (χ4n) is 2.80. The van der Waals surface area contributed by atoms with Crippen LogP contribution in [0.3, 0.4) is 0 Å². The molecule has 1 aliphatic rings. The van der Waals surface area contributed by atoms with Crippen molar-refractivity contribution in [3.8, 4) is 0 Å². The molecular formula is C15H19FN2O3. The van der Waals surface area contributed by atoms with Gasteiger partial charge in [0.25, 0.3) is 5.91 Å². The third kappa shape index (κ3) is 2.84. The standard InChI is InChI=1S/C15H19FN2O3/c1-2-15(14(20)21)6-3-7-18(9-15)13(19)11-8-10(16)4-5-12(11)17/h4-5,8H,2-3,6-7,9,17H2,1H3,(H,20,21). The van der Waals surface area contributed by atoms with E-state index in [1.165, 1.54) is 17.0 Å². The van der Waals surface area contributed by atoms with Crippen molar-refractivity contribution in [1.82, 2.24) is 4.90 Å². The van der Waals surface area contributed by atoms with Crippen LogP contribution < -0.4 is 5.73 Å². The van der Waals surface area contributed by atoms with Crippen LogP contribution in [0.2, 0.25) is 0 Å². The first-order chi connectivity index (χ1) is 9.89. The minimum absolute atomic E-state index is 0.0901. The van der Waals surface area contributed by atoms with Crippen molar-refractivity contribution < 1.29 is 19.1 Å². The summed E-state index contributed by atoms with van der Waals surface area (Å²) >= 11 is 0. The van der Waals surface area contributed by atoms with Gasteiger partial charge in [-0.15, -0.1) is 0 Å². The molecule has 114 valence electrons.